The summed E-state index contributed by atoms with van der Waals surface area (Å²) in [6.07, 6.45) is 0. The van der Waals surface area contributed by atoms with Gasteiger partial charge in [0.2, 0.25) is 0 Å². The molecule has 0 atom stereocenters. The molecule has 0 aliphatic heterocycles. The van der Waals surface area contributed by atoms with Crippen molar-refractivity contribution in [3.8, 4) is 11.5 Å². The Balaban J connectivity index is 2.18. The van der Waals surface area contributed by atoms with Gasteiger partial charge in [-0.3, -0.25) is 4.79 Å². The largest absolute Gasteiger partial charge is 0.505 e. The minimum atomic E-state index is -0.446. The molecule has 0 saturated carbocycles. The lowest BCUT2D eigenvalue weighted by Gasteiger charge is -2.02. The molecule has 2 aromatic rings. The van der Waals surface area contributed by atoms with Gasteiger partial charge in [0.15, 0.2) is 0 Å². The van der Waals surface area contributed by atoms with Crippen molar-refractivity contribution in [3.63, 3.8) is 0 Å². The van der Waals surface area contributed by atoms with E-state index in [-0.39, 0.29) is 11.5 Å². The Morgan fingerprint density at radius 2 is 1.84 bits per heavy atom. The average Bonchev–Trinajstić information content (AvgIpc) is 2.38. The van der Waals surface area contributed by atoms with Crippen molar-refractivity contribution < 1.29 is 14.6 Å². The van der Waals surface area contributed by atoms with E-state index in [0.29, 0.717) is 11.4 Å². The fourth-order valence-electron chi connectivity index (χ4n) is 1.42. The maximum absolute atomic E-state index is 10.8. The van der Waals surface area contributed by atoms with E-state index in [4.69, 9.17) is 4.74 Å². The summed E-state index contributed by atoms with van der Waals surface area (Å²) in [5, 5.41) is 17.7. The smallest absolute Gasteiger partial charge is 0.308 e. The standard InChI is InChI=1S/C14H12N2O3/c1-10(17)19-12-7-8-13(14(18)9-12)16-15-11-5-3-2-4-6-11/h2-9,18H,1H3/b16-15+. The predicted octanol–water partition coefficient (Wildman–Crippen LogP) is 3.73. The topological polar surface area (TPSA) is 71.2 Å². The van der Waals surface area contributed by atoms with Crippen LogP contribution in [0.25, 0.3) is 0 Å². The van der Waals surface area contributed by atoms with E-state index in [1.54, 1.807) is 18.2 Å². The fourth-order valence-corrected chi connectivity index (χ4v) is 1.42. The number of carbonyl (C=O) groups excluding carboxylic acids is 1. The summed E-state index contributed by atoms with van der Waals surface area (Å²) < 4.78 is 4.84. The van der Waals surface area contributed by atoms with Crippen LogP contribution in [-0.4, -0.2) is 11.1 Å². The summed E-state index contributed by atoms with van der Waals surface area (Å²) in [6.45, 7) is 1.29. The lowest BCUT2D eigenvalue weighted by molar-refractivity contribution is -0.131. The third-order valence-corrected chi connectivity index (χ3v) is 2.24. The zero-order chi connectivity index (χ0) is 13.7. The van der Waals surface area contributed by atoms with Gasteiger partial charge in [-0.1, -0.05) is 18.2 Å². The summed E-state index contributed by atoms with van der Waals surface area (Å²) in [4.78, 5) is 10.8. The first kappa shape index (κ1) is 12.8. The SMILES string of the molecule is CC(=O)Oc1ccc(/N=N/c2ccccc2)c(O)c1. The molecule has 0 saturated heterocycles. The molecule has 0 fully saturated rings. The molecule has 0 aromatic heterocycles. The van der Waals surface area contributed by atoms with E-state index in [9.17, 15) is 9.90 Å². The number of nitrogens with zero attached hydrogens (tertiary/aromatic N) is 2. The normalized spacial score (nSPS) is 10.6. The van der Waals surface area contributed by atoms with Gasteiger partial charge < -0.3 is 9.84 Å². The zero-order valence-electron chi connectivity index (χ0n) is 10.3. The molecule has 0 bridgehead atoms. The number of rotatable bonds is 3. The van der Waals surface area contributed by atoms with E-state index in [0.717, 1.165) is 0 Å². The Kier molecular flexibility index (Phi) is 3.87. The van der Waals surface area contributed by atoms with Gasteiger partial charge in [-0.2, -0.15) is 5.11 Å². The van der Waals surface area contributed by atoms with Crippen LogP contribution >= 0.6 is 0 Å². The van der Waals surface area contributed by atoms with Crippen molar-refractivity contribution >= 4 is 17.3 Å². The van der Waals surface area contributed by atoms with Crippen molar-refractivity contribution in [3.05, 3.63) is 48.5 Å². The molecular weight excluding hydrogens is 244 g/mol. The van der Waals surface area contributed by atoms with Gasteiger partial charge in [0, 0.05) is 13.0 Å². The van der Waals surface area contributed by atoms with E-state index in [1.165, 1.54) is 19.1 Å². The minimum Gasteiger partial charge on any atom is -0.505 e. The minimum absolute atomic E-state index is 0.0987. The number of azo groups is 1. The van der Waals surface area contributed by atoms with Crippen molar-refractivity contribution in [1.82, 2.24) is 0 Å². The second-order valence-electron chi connectivity index (χ2n) is 3.78. The van der Waals surface area contributed by atoms with Crippen LogP contribution < -0.4 is 4.74 Å². The second-order valence-corrected chi connectivity index (χ2v) is 3.78. The molecule has 0 aliphatic carbocycles. The third-order valence-electron chi connectivity index (χ3n) is 2.24. The highest BCUT2D eigenvalue weighted by Gasteiger charge is 2.04. The Morgan fingerprint density at radius 1 is 1.11 bits per heavy atom. The fraction of sp³-hybridized carbons (Fsp3) is 0.0714. The predicted molar refractivity (Wildman–Crippen MR) is 70.0 cm³/mol. The number of benzene rings is 2. The van der Waals surface area contributed by atoms with Gasteiger partial charge in [-0.05, 0) is 24.3 Å². The number of ether oxygens (including phenoxy) is 1. The quantitative estimate of drug-likeness (QED) is 0.516. The third kappa shape index (κ3) is 3.64. The second kappa shape index (κ2) is 5.77. The van der Waals surface area contributed by atoms with E-state index < -0.39 is 5.97 Å². The molecule has 2 rings (SSSR count). The first-order valence-electron chi connectivity index (χ1n) is 5.63. The van der Waals surface area contributed by atoms with Crippen LogP contribution in [0.4, 0.5) is 11.4 Å². The van der Waals surface area contributed by atoms with Crippen LogP contribution in [0.3, 0.4) is 0 Å². The van der Waals surface area contributed by atoms with Gasteiger partial charge in [0.05, 0.1) is 5.69 Å². The maximum Gasteiger partial charge on any atom is 0.308 e. The first-order chi connectivity index (χ1) is 9.15. The van der Waals surface area contributed by atoms with Crippen molar-refractivity contribution in [1.29, 1.82) is 0 Å². The summed E-state index contributed by atoms with van der Waals surface area (Å²) in [6, 6.07) is 13.6. The Bertz CT molecular complexity index is 609. The van der Waals surface area contributed by atoms with E-state index in [2.05, 4.69) is 10.2 Å². The summed E-state index contributed by atoms with van der Waals surface area (Å²) in [7, 11) is 0. The summed E-state index contributed by atoms with van der Waals surface area (Å²) in [5.74, 6) is -0.278. The number of phenols is 1. The van der Waals surface area contributed by atoms with Crippen molar-refractivity contribution in [2.24, 2.45) is 10.2 Å². The Morgan fingerprint density at radius 3 is 2.47 bits per heavy atom. The van der Waals surface area contributed by atoms with Gasteiger partial charge in [0.1, 0.15) is 17.2 Å². The molecule has 0 unspecified atom stereocenters. The Hall–Kier alpha value is -2.69. The lowest BCUT2D eigenvalue weighted by Crippen LogP contribution is -2.00. The highest BCUT2D eigenvalue weighted by atomic mass is 16.5. The van der Waals surface area contributed by atoms with Crippen molar-refractivity contribution in [2.75, 3.05) is 0 Å². The Labute approximate surface area is 110 Å². The van der Waals surface area contributed by atoms with E-state index >= 15 is 0 Å². The summed E-state index contributed by atoms with van der Waals surface area (Å²) in [5.41, 5.74) is 0.991. The zero-order valence-corrected chi connectivity index (χ0v) is 10.3. The molecule has 0 heterocycles. The highest BCUT2D eigenvalue weighted by Crippen LogP contribution is 2.31. The van der Waals surface area contributed by atoms with Crippen LogP contribution in [0.2, 0.25) is 0 Å². The number of carbonyl (C=O) groups is 1. The van der Waals surface area contributed by atoms with Gasteiger partial charge in [0.25, 0.3) is 0 Å². The molecule has 2 aromatic carbocycles. The van der Waals surface area contributed by atoms with Gasteiger partial charge in [-0.25, -0.2) is 0 Å². The number of hydrogen-bond donors (Lipinski definition) is 1. The highest BCUT2D eigenvalue weighted by molar-refractivity contribution is 5.70. The van der Waals surface area contributed by atoms with Crippen LogP contribution in [0, 0.1) is 0 Å². The van der Waals surface area contributed by atoms with Gasteiger partial charge >= 0.3 is 5.97 Å². The lowest BCUT2D eigenvalue weighted by atomic mass is 10.3. The number of esters is 1. The molecule has 1 N–H and O–H groups in total. The average molecular weight is 256 g/mol. The van der Waals surface area contributed by atoms with Crippen molar-refractivity contribution in [2.45, 2.75) is 6.92 Å². The molecule has 0 spiro atoms. The van der Waals surface area contributed by atoms with Crippen LogP contribution in [0.15, 0.2) is 58.8 Å². The van der Waals surface area contributed by atoms with Crippen LogP contribution in [0.1, 0.15) is 6.92 Å². The molecule has 96 valence electrons. The maximum atomic E-state index is 10.8. The van der Waals surface area contributed by atoms with Crippen LogP contribution in [-0.2, 0) is 4.79 Å². The van der Waals surface area contributed by atoms with E-state index in [1.807, 2.05) is 18.2 Å². The van der Waals surface area contributed by atoms with Gasteiger partial charge in [-0.15, -0.1) is 5.11 Å². The number of hydrogen-bond acceptors (Lipinski definition) is 5. The molecule has 0 aliphatic rings. The number of aromatic hydroxyl groups is 1. The number of phenolic OH excluding ortho intramolecular Hbond substituents is 1. The molecule has 19 heavy (non-hydrogen) atoms. The molecular formula is C14H12N2O3. The molecule has 0 radical (unpaired) electrons. The summed E-state index contributed by atoms with van der Waals surface area (Å²) >= 11 is 0. The molecule has 5 heteroatoms. The molecule has 5 nitrogen and oxygen atoms in total. The van der Waals surface area contributed by atoms with Crippen LogP contribution in [0.5, 0.6) is 11.5 Å². The first-order valence-corrected chi connectivity index (χ1v) is 5.63. The monoisotopic (exact) mass is 256 g/mol. The molecule has 0 amide bonds.